The second-order valence-electron chi connectivity index (χ2n) is 8.87. The average Bonchev–Trinajstić information content (AvgIpc) is 3.35. The molecule has 0 saturated carbocycles. The summed E-state index contributed by atoms with van der Waals surface area (Å²) in [4.78, 5) is 15.8. The molecule has 1 saturated heterocycles. The topological polar surface area (TPSA) is 59.4 Å². The molecule has 0 bridgehead atoms. The highest BCUT2D eigenvalue weighted by Crippen LogP contribution is 2.24. The van der Waals surface area contributed by atoms with Crippen LogP contribution in [-0.4, -0.2) is 53.4 Å². The van der Waals surface area contributed by atoms with Gasteiger partial charge < -0.3 is 10.1 Å². The Balaban J connectivity index is 1.39. The Morgan fingerprint density at radius 3 is 2.31 bits per heavy atom. The fourth-order valence-corrected chi connectivity index (χ4v) is 4.56. The third kappa shape index (κ3) is 5.70. The predicted octanol–water partition coefficient (Wildman–Crippen LogP) is 4.54. The molecule has 1 unspecified atom stereocenters. The van der Waals surface area contributed by atoms with Crippen LogP contribution >= 0.6 is 0 Å². The number of ether oxygens (including phenoxy) is 1. The van der Waals surface area contributed by atoms with E-state index < -0.39 is 0 Å². The molecule has 3 aromatic carbocycles. The van der Waals surface area contributed by atoms with E-state index in [0.717, 1.165) is 29.8 Å². The van der Waals surface area contributed by atoms with Gasteiger partial charge in [-0.1, -0.05) is 72.8 Å². The Kier molecular flexibility index (Phi) is 7.50. The first-order valence-electron chi connectivity index (χ1n) is 12.2. The highest BCUT2D eigenvalue weighted by atomic mass is 19.1. The highest BCUT2D eigenvalue weighted by Gasteiger charge is 2.25. The van der Waals surface area contributed by atoms with Crippen molar-refractivity contribution in [2.45, 2.75) is 12.6 Å². The van der Waals surface area contributed by atoms with Gasteiger partial charge in [-0.2, -0.15) is 5.10 Å². The molecule has 4 aromatic rings. The number of amides is 1. The fraction of sp³-hybridized carbons (Fsp3) is 0.241. The fourth-order valence-electron chi connectivity index (χ4n) is 4.56. The lowest BCUT2D eigenvalue weighted by Gasteiger charge is -2.35. The number of hydrogen-bond acceptors (Lipinski definition) is 4. The highest BCUT2D eigenvalue weighted by molar-refractivity contribution is 5.99. The maximum absolute atomic E-state index is 13.6. The number of morpholine rings is 1. The maximum Gasteiger partial charge on any atom is 0.255 e. The third-order valence-corrected chi connectivity index (χ3v) is 6.44. The van der Waals surface area contributed by atoms with Crippen molar-refractivity contribution in [1.29, 1.82) is 0 Å². The molecule has 1 aliphatic rings. The van der Waals surface area contributed by atoms with Crippen LogP contribution in [0.25, 0.3) is 11.3 Å². The Morgan fingerprint density at radius 1 is 0.944 bits per heavy atom. The van der Waals surface area contributed by atoms with Crippen molar-refractivity contribution in [2.24, 2.45) is 0 Å². The van der Waals surface area contributed by atoms with Gasteiger partial charge in [-0.3, -0.25) is 14.4 Å². The van der Waals surface area contributed by atoms with Crippen molar-refractivity contribution < 1.29 is 13.9 Å². The zero-order valence-electron chi connectivity index (χ0n) is 20.0. The first-order valence-corrected chi connectivity index (χ1v) is 12.2. The van der Waals surface area contributed by atoms with Gasteiger partial charge in [0.1, 0.15) is 11.5 Å². The number of aromatic nitrogens is 2. The van der Waals surface area contributed by atoms with E-state index in [0.29, 0.717) is 37.6 Å². The molecule has 0 radical (unpaired) electrons. The molecule has 5 rings (SSSR count). The number of nitrogens with one attached hydrogen (secondary N) is 1. The largest absolute Gasteiger partial charge is 0.379 e. The number of nitrogens with zero attached hydrogens (tertiary/aromatic N) is 3. The van der Waals surface area contributed by atoms with Crippen LogP contribution in [-0.2, 0) is 11.3 Å². The maximum atomic E-state index is 13.6. The van der Waals surface area contributed by atoms with Crippen LogP contribution in [0, 0.1) is 5.82 Å². The van der Waals surface area contributed by atoms with Crippen LogP contribution < -0.4 is 5.32 Å². The van der Waals surface area contributed by atoms with E-state index >= 15 is 0 Å². The van der Waals surface area contributed by atoms with E-state index in [2.05, 4.69) is 10.2 Å². The van der Waals surface area contributed by atoms with Gasteiger partial charge in [0.15, 0.2) is 0 Å². The van der Waals surface area contributed by atoms with Crippen LogP contribution in [0.4, 0.5) is 4.39 Å². The third-order valence-electron chi connectivity index (χ3n) is 6.44. The number of benzene rings is 3. The van der Waals surface area contributed by atoms with Gasteiger partial charge in [0, 0.05) is 31.4 Å². The van der Waals surface area contributed by atoms with Gasteiger partial charge in [0.2, 0.25) is 0 Å². The summed E-state index contributed by atoms with van der Waals surface area (Å²) in [6.45, 7) is 3.74. The molecule has 7 heteroatoms. The summed E-state index contributed by atoms with van der Waals surface area (Å²) >= 11 is 0. The molecule has 1 atom stereocenters. The number of carbonyl (C=O) groups excluding carboxylic acids is 1. The molecule has 0 aliphatic carbocycles. The van der Waals surface area contributed by atoms with Gasteiger partial charge >= 0.3 is 0 Å². The second-order valence-corrected chi connectivity index (χ2v) is 8.87. The van der Waals surface area contributed by atoms with E-state index in [1.807, 2.05) is 71.5 Å². The van der Waals surface area contributed by atoms with Crippen molar-refractivity contribution in [3.63, 3.8) is 0 Å². The minimum absolute atomic E-state index is 0.0852. The molecular formula is C29H29FN4O2. The van der Waals surface area contributed by atoms with Crippen molar-refractivity contribution in [2.75, 3.05) is 32.8 Å². The number of rotatable bonds is 8. The van der Waals surface area contributed by atoms with Crippen molar-refractivity contribution in [1.82, 2.24) is 20.0 Å². The summed E-state index contributed by atoms with van der Waals surface area (Å²) < 4.78 is 20.9. The van der Waals surface area contributed by atoms with Crippen LogP contribution in [0.5, 0.6) is 0 Å². The molecule has 1 aromatic heterocycles. The zero-order valence-corrected chi connectivity index (χ0v) is 20.0. The lowest BCUT2D eigenvalue weighted by molar-refractivity contribution is 0.0162. The normalized spacial score (nSPS) is 14.9. The summed E-state index contributed by atoms with van der Waals surface area (Å²) in [6, 6.07) is 26.2. The van der Waals surface area contributed by atoms with Gasteiger partial charge in [-0.15, -0.1) is 0 Å². The first kappa shape index (κ1) is 23.9. The van der Waals surface area contributed by atoms with Crippen molar-refractivity contribution in [3.05, 3.63) is 114 Å². The summed E-state index contributed by atoms with van der Waals surface area (Å²) in [5, 5.41) is 7.90. The Hall–Kier alpha value is -3.81. The summed E-state index contributed by atoms with van der Waals surface area (Å²) in [7, 11) is 0. The molecule has 1 N–H and O–H groups in total. The SMILES string of the molecule is O=C(NCC(c1ccc(F)cc1)N1CCOCC1)c1cn(Cc2ccccc2)nc1-c1ccccc1. The van der Waals surface area contributed by atoms with Gasteiger partial charge in [-0.05, 0) is 23.3 Å². The van der Waals surface area contributed by atoms with E-state index in [9.17, 15) is 9.18 Å². The van der Waals surface area contributed by atoms with E-state index in [-0.39, 0.29) is 17.8 Å². The molecule has 36 heavy (non-hydrogen) atoms. The van der Waals surface area contributed by atoms with Crippen LogP contribution in [0.3, 0.4) is 0 Å². The predicted molar refractivity (Wildman–Crippen MR) is 137 cm³/mol. The summed E-state index contributed by atoms with van der Waals surface area (Å²) in [5.74, 6) is -0.463. The van der Waals surface area contributed by atoms with Crippen LogP contribution in [0.2, 0.25) is 0 Å². The van der Waals surface area contributed by atoms with Gasteiger partial charge in [0.25, 0.3) is 5.91 Å². The summed E-state index contributed by atoms with van der Waals surface area (Å²) in [5.41, 5.74) is 4.13. The Bertz CT molecular complexity index is 1270. The molecule has 1 amide bonds. The molecule has 184 valence electrons. The second kappa shape index (κ2) is 11.3. The number of hydrogen-bond donors (Lipinski definition) is 1. The Morgan fingerprint density at radius 2 is 1.61 bits per heavy atom. The average molecular weight is 485 g/mol. The molecule has 2 heterocycles. The van der Waals surface area contributed by atoms with Gasteiger partial charge in [0.05, 0.1) is 31.4 Å². The molecule has 1 fully saturated rings. The van der Waals surface area contributed by atoms with Gasteiger partial charge in [-0.25, -0.2) is 4.39 Å². The van der Waals surface area contributed by atoms with E-state index in [1.54, 1.807) is 12.1 Å². The van der Waals surface area contributed by atoms with Crippen LogP contribution in [0.15, 0.2) is 91.1 Å². The lowest BCUT2D eigenvalue weighted by Crippen LogP contribution is -2.43. The first-order chi connectivity index (χ1) is 17.7. The molecular weight excluding hydrogens is 455 g/mol. The molecule has 0 spiro atoms. The smallest absolute Gasteiger partial charge is 0.255 e. The zero-order chi connectivity index (χ0) is 24.7. The van der Waals surface area contributed by atoms with E-state index in [4.69, 9.17) is 9.84 Å². The lowest BCUT2D eigenvalue weighted by atomic mass is 10.0. The van der Waals surface area contributed by atoms with Crippen molar-refractivity contribution in [3.8, 4) is 11.3 Å². The minimum Gasteiger partial charge on any atom is -0.379 e. The van der Waals surface area contributed by atoms with Crippen molar-refractivity contribution >= 4 is 5.91 Å². The molecule has 6 nitrogen and oxygen atoms in total. The summed E-state index contributed by atoms with van der Waals surface area (Å²) in [6.07, 6.45) is 1.81. The minimum atomic E-state index is -0.276. The standard InChI is InChI=1S/C29H29FN4O2/c30-25-13-11-23(12-14-25)27(33-15-17-36-18-16-33)19-31-29(35)26-21-34(20-22-7-3-1-4-8-22)32-28(26)24-9-5-2-6-10-24/h1-14,21,27H,15-20H2,(H,31,35). The molecule has 1 aliphatic heterocycles. The van der Waals surface area contributed by atoms with E-state index in [1.165, 1.54) is 12.1 Å². The quantitative estimate of drug-likeness (QED) is 0.399. The number of carbonyl (C=O) groups is 1. The number of halogens is 1. The monoisotopic (exact) mass is 484 g/mol. The van der Waals surface area contributed by atoms with Crippen LogP contribution in [0.1, 0.15) is 27.5 Å². The Labute approximate surface area is 210 Å².